The number of nitro benzene ring substituents is 1. The smallest absolute Gasteiger partial charge is 0.276 e. The molecule has 0 radical (unpaired) electrons. The normalized spacial score (nSPS) is 23.1. The highest BCUT2D eigenvalue weighted by atomic mass is 16.6. The summed E-state index contributed by atoms with van der Waals surface area (Å²) >= 11 is 0. The van der Waals surface area contributed by atoms with Crippen molar-refractivity contribution in [2.24, 2.45) is 5.41 Å². The minimum Gasteiger partial charge on any atom is -0.488 e. The highest BCUT2D eigenvalue weighted by Crippen LogP contribution is 2.52. The van der Waals surface area contributed by atoms with E-state index in [4.69, 9.17) is 4.74 Å². The average Bonchev–Trinajstić information content (AvgIpc) is 2.93. The van der Waals surface area contributed by atoms with Crippen LogP contribution in [-0.4, -0.2) is 16.8 Å². The number of carbonyl (C=O) groups excluding carboxylic acids is 1. The lowest BCUT2D eigenvalue weighted by atomic mass is 9.63. The van der Waals surface area contributed by atoms with E-state index in [2.05, 4.69) is 0 Å². The van der Waals surface area contributed by atoms with E-state index in [1.165, 1.54) is 6.07 Å². The summed E-state index contributed by atoms with van der Waals surface area (Å²) in [5, 5.41) is 11.1. The van der Waals surface area contributed by atoms with Gasteiger partial charge in [-0.15, -0.1) is 0 Å². The van der Waals surface area contributed by atoms with Crippen LogP contribution in [0.5, 0.6) is 5.75 Å². The van der Waals surface area contributed by atoms with E-state index in [9.17, 15) is 14.9 Å². The van der Waals surface area contributed by atoms with Crippen molar-refractivity contribution in [1.29, 1.82) is 0 Å². The maximum Gasteiger partial charge on any atom is 0.276 e. The second-order valence-corrected chi connectivity index (χ2v) is 6.26. The molecule has 0 aliphatic heterocycles. The Labute approximate surface area is 123 Å². The summed E-state index contributed by atoms with van der Waals surface area (Å²) in [5.41, 5.74) is 1.27. The molecule has 1 aromatic carbocycles. The zero-order chi connectivity index (χ0) is 15.2. The molecule has 0 amide bonds. The number of hydrogen-bond acceptors (Lipinski definition) is 4. The molecule has 3 rings (SSSR count). The van der Waals surface area contributed by atoms with Crippen LogP contribution >= 0.6 is 0 Å². The van der Waals surface area contributed by atoms with Crippen LogP contribution in [0.4, 0.5) is 5.69 Å². The highest BCUT2D eigenvalue weighted by molar-refractivity contribution is 5.92. The Hall–Kier alpha value is -1.91. The summed E-state index contributed by atoms with van der Waals surface area (Å²) in [4.78, 5) is 22.6. The third kappa shape index (κ3) is 2.11. The van der Waals surface area contributed by atoms with E-state index in [1.54, 1.807) is 13.0 Å². The number of carbonyl (C=O) groups is 1. The highest BCUT2D eigenvalue weighted by Gasteiger charge is 2.57. The topological polar surface area (TPSA) is 69.4 Å². The van der Waals surface area contributed by atoms with E-state index < -0.39 is 0 Å². The number of aryl methyl sites for hydroxylation is 2. The first-order valence-electron chi connectivity index (χ1n) is 7.39. The lowest BCUT2D eigenvalue weighted by molar-refractivity contribution is -0.385. The van der Waals surface area contributed by atoms with Crippen molar-refractivity contribution in [3.05, 3.63) is 33.4 Å². The van der Waals surface area contributed by atoms with E-state index in [1.807, 2.05) is 6.92 Å². The molecule has 2 aliphatic rings. The summed E-state index contributed by atoms with van der Waals surface area (Å²) in [7, 11) is 0. The fourth-order valence-corrected chi connectivity index (χ4v) is 3.68. The van der Waals surface area contributed by atoms with Crippen molar-refractivity contribution < 1.29 is 14.5 Å². The van der Waals surface area contributed by atoms with Crippen molar-refractivity contribution in [1.82, 2.24) is 0 Å². The number of Topliss-reactive ketones (excluding diaryl/α,β-unsaturated/α-hetero) is 1. The second-order valence-electron chi connectivity index (χ2n) is 6.26. The molecule has 0 heterocycles. The molecule has 0 aromatic heterocycles. The monoisotopic (exact) mass is 289 g/mol. The van der Waals surface area contributed by atoms with E-state index in [0.717, 1.165) is 31.2 Å². The first kappa shape index (κ1) is 14.0. The molecule has 2 saturated carbocycles. The fourth-order valence-electron chi connectivity index (χ4n) is 3.68. The van der Waals surface area contributed by atoms with Gasteiger partial charge in [0.2, 0.25) is 0 Å². The Morgan fingerprint density at radius 2 is 1.90 bits per heavy atom. The third-order valence-corrected chi connectivity index (χ3v) is 5.00. The van der Waals surface area contributed by atoms with Crippen LogP contribution < -0.4 is 4.74 Å². The van der Waals surface area contributed by atoms with Gasteiger partial charge in [-0.3, -0.25) is 14.9 Å². The molecule has 1 aromatic rings. The van der Waals surface area contributed by atoms with Crippen LogP contribution in [0.1, 0.15) is 43.2 Å². The zero-order valence-corrected chi connectivity index (χ0v) is 12.3. The molecule has 0 bridgehead atoms. The van der Waals surface area contributed by atoms with Crippen LogP contribution in [-0.2, 0) is 4.79 Å². The van der Waals surface area contributed by atoms with Gasteiger partial charge in [-0.05, 0) is 38.3 Å². The number of benzene rings is 1. The van der Waals surface area contributed by atoms with Gasteiger partial charge >= 0.3 is 0 Å². The number of ether oxygens (including phenoxy) is 1. The van der Waals surface area contributed by atoms with Crippen LogP contribution in [0.2, 0.25) is 0 Å². The van der Waals surface area contributed by atoms with Crippen molar-refractivity contribution in [3.8, 4) is 5.75 Å². The summed E-state index contributed by atoms with van der Waals surface area (Å²) < 4.78 is 6.01. The van der Waals surface area contributed by atoms with Gasteiger partial charge in [-0.2, -0.15) is 0 Å². The summed E-state index contributed by atoms with van der Waals surface area (Å²) in [6, 6.07) is 3.27. The predicted molar refractivity (Wildman–Crippen MR) is 77.5 cm³/mol. The van der Waals surface area contributed by atoms with Gasteiger partial charge in [0.15, 0.2) is 0 Å². The Kier molecular flexibility index (Phi) is 3.23. The third-order valence-electron chi connectivity index (χ3n) is 5.00. The van der Waals surface area contributed by atoms with Crippen molar-refractivity contribution >= 4 is 11.5 Å². The molecule has 2 aliphatic carbocycles. The molecule has 112 valence electrons. The Morgan fingerprint density at radius 1 is 1.24 bits per heavy atom. The Bertz CT molecular complexity index is 617. The lowest BCUT2D eigenvalue weighted by Crippen LogP contribution is -2.55. The van der Waals surface area contributed by atoms with Gasteiger partial charge in [0, 0.05) is 12.0 Å². The van der Waals surface area contributed by atoms with Crippen molar-refractivity contribution in [2.75, 3.05) is 0 Å². The molecule has 1 unspecified atom stereocenters. The summed E-state index contributed by atoms with van der Waals surface area (Å²) in [5.74, 6) is 0.834. The predicted octanol–water partition coefficient (Wildman–Crippen LogP) is 3.49. The van der Waals surface area contributed by atoms with Gasteiger partial charge in [0.05, 0.1) is 16.4 Å². The summed E-state index contributed by atoms with van der Waals surface area (Å²) in [6.45, 7) is 3.61. The van der Waals surface area contributed by atoms with Crippen LogP contribution in [0.25, 0.3) is 0 Å². The molecular formula is C16H19NO4. The number of rotatable bonds is 3. The molecule has 5 heteroatoms. The number of ketones is 1. The minimum atomic E-state index is -0.390. The average molecular weight is 289 g/mol. The molecule has 2 fully saturated rings. The number of nitro groups is 1. The fraction of sp³-hybridized carbons (Fsp3) is 0.562. The standard InChI is InChI=1S/C16H19NO4/c1-10-7-11(2)13(8-12(10)17(19)20)21-15-9-14(18)16(15)5-3-4-6-16/h7-8,15H,3-6,9H2,1-2H3. The largest absolute Gasteiger partial charge is 0.488 e. The quantitative estimate of drug-likeness (QED) is 0.631. The number of hydrogen-bond donors (Lipinski definition) is 0. The first-order valence-corrected chi connectivity index (χ1v) is 7.39. The Morgan fingerprint density at radius 3 is 2.48 bits per heavy atom. The molecular weight excluding hydrogens is 270 g/mol. The van der Waals surface area contributed by atoms with Gasteiger partial charge in [0.25, 0.3) is 5.69 Å². The SMILES string of the molecule is Cc1cc(C)c([N+](=O)[O-])cc1OC1CC(=O)C12CCCC2. The van der Waals surface area contributed by atoms with Crippen LogP contribution in [0, 0.1) is 29.4 Å². The zero-order valence-electron chi connectivity index (χ0n) is 12.3. The molecule has 1 spiro atoms. The van der Waals surface area contributed by atoms with Crippen molar-refractivity contribution in [2.45, 2.75) is 52.1 Å². The molecule has 0 saturated heterocycles. The van der Waals surface area contributed by atoms with Gasteiger partial charge in [-0.1, -0.05) is 12.8 Å². The van der Waals surface area contributed by atoms with E-state index in [0.29, 0.717) is 23.5 Å². The van der Waals surface area contributed by atoms with Gasteiger partial charge in [0.1, 0.15) is 17.6 Å². The Balaban J connectivity index is 1.87. The van der Waals surface area contributed by atoms with E-state index in [-0.39, 0.29) is 22.1 Å². The molecule has 1 atom stereocenters. The van der Waals surface area contributed by atoms with Crippen LogP contribution in [0.15, 0.2) is 12.1 Å². The first-order chi connectivity index (χ1) is 9.94. The van der Waals surface area contributed by atoms with Crippen molar-refractivity contribution in [3.63, 3.8) is 0 Å². The lowest BCUT2D eigenvalue weighted by Gasteiger charge is -2.44. The minimum absolute atomic E-state index is 0.0710. The summed E-state index contributed by atoms with van der Waals surface area (Å²) in [6.07, 6.45) is 4.24. The van der Waals surface area contributed by atoms with E-state index >= 15 is 0 Å². The van der Waals surface area contributed by atoms with Gasteiger partial charge in [-0.25, -0.2) is 0 Å². The molecule has 21 heavy (non-hydrogen) atoms. The second kappa shape index (κ2) is 4.83. The van der Waals surface area contributed by atoms with Crippen LogP contribution in [0.3, 0.4) is 0 Å². The maximum atomic E-state index is 12.0. The maximum absolute atomic E-state index is 12.0. The molecule has 0 N–H and O–H groups in total. The van der Waals surface area contributed by atoms with Gasteiger partial charge < -0.3 is 4.74 Å². The molecule has 5 nitrogen and oxygen atoms in total. The number of nitrogens with zero attached hydrogens (tertiary/aromatic N) is 1.